The zero-order valence-electron chi connectivity index (χ0n) is 11.5. The third-order valence-electron chi connectivity index (χ3n) is 3.63. The molecule has 1 aliphatic rings. The van der Waals surface area contributed by atoms with Crippen molar-refractivity contribution in [1.82, 2.24) is 10.2 Å². The van der Waals surface area contributed by atoms with Gasteiger partial charge in [0.1, 0.15) is 0 Å². The van der Waals surface area contributed by atoms with E-state index in [0.717, 1.165) is 13.1 Å². The average Bonchev–Trinajstić information content (AvgIpc) is 2.84. The van der Waals surface area contributed by atoms with Crippen LogP contribution in [0.5, 0.6) is 0 Å². The molecule has 2 heterocycles. The van der Waals surface area contributed by atoms with Crippen molar-refractivity contribution in [2.75, 3.05) is 31.1 Å². The number of hydrogen-bond acceptors (Lipinski definition) is 5. The van der Waals surface area contributed by atoms with Gasteiger partial charge in [0, 0.05) is 36.6 Å². The van der Waals surface area contributed by atoms with Crippen LogP contribution in [0.1, 0.15) is 24.8 Å². The first-order valence-corrected chi connectivity index (χ1v) is 9.39. The summed E-state index contributed by atoms with van der Waals surface area (Å²) in [5.74, 6) is 0.602. The second-order valence-corrected chi connectivity index (χ2v) is 8.40. The van der Waals surface area contributed by atoms with Gasteiger partial charge >= 0.3 is 0 Å². The highest BCUT2D eigenvalue weighted by molar-refractivity contribution is 7.91. The van der Waals surface area contributed by atoms with Crippen molar-refractivity contribution in [3.05, 3.63) is 22.4 Å². The molecular formula is C13H22N2O2S2. The third-order valence-corrected chi connectivity index (χ3v) is 6.48. The minimum atomic E-state index is -2.80. The van der Waals surface area contributed by atoms with E-state index in [1.54, 1.807) is 11.3 Å². The maximum Gasteiger partial charge on any atom is 0.153 e. The van der Waals surface area contributed by atoms with Gasteiger partial charge in [0.05, 0.1) is 11.5 Å². The van der Waals surface area contributed by atoms with Gasteiger partial charge in [-0.2, -0.15) is 0 Å². The Morgan fingerprint density at radius 1 is 1.58 bits per heavy atom. The lowest BCUT2D eigenvalue weighted by Gasteiger charge is -2.33. The van der Waals surface area contributed by atoms with E-state index >= 15 is 0 Å². The highest BCUT2D eigenvalue weighted by Gasteiger charge is 2.27. The van der Waals surface area contributed by atoms with Crippen LogP contribution in [0, 0.1) is 0 Å². The van der Waals surface area contributed by atoms with Gasteiger partial charge in [-0.25, -0.2) is 8.42 Å². The maximum atomic E-state index is 11.5. The van der Waals surface area contributed by atoms with Gasteiger partial charge in [-0.1, -0.05) is 6.07 Å². The fraction of sp³-hybridized carbons (Fsp3) is 0.692. The normalized spacial score (nSPS) is 25.3. The van der Waals surface area contributed by atoms with Crippen molar-refractivity contribution >= 4 is 21.2 Å². The second-order valence-electron chi connectivity index (χ2n) is 5.19. The predicted octanol–water partition coefficient (Wildman–Crippen LogP) is 1.52. The van der Waals surface area contributed by atoms with Crippen molar-refractivity contribution in [1.29, 1.82) is 0 Å². The van der Waals surface area contributed by atoms with Crippen LogP contribution in [0.2, 0.25) is 0 Å². The number of sulfone groups is 1. The van der Waals surface area contributed by atoms with E-state index in [1.165, 1.54) is 4.88 Å². The number of nitrogens with one attached hydrogen (secondary N) is 1. The molecule has 1 aliphatic heterocycles. The molecule has 2 atom stereocenters. The Bertz CT molecular complexity index is 485. The van der Waals surface area contributed by atoms with Gasteiger partial charge in [-0.15, -0.1) is 11.3 Å². The zero-order chi connectivity index (χ0) is 13.9. The molecule has 2 unspecified atom stereocenters. The predicted molar refractivity (Wildman–Crippen MR) is 80.4 cm³/mol. The number of rotatable bonds is 5. The minimum absolute atomic E-state index is 0.137. The molecule has 1 fully saturated rings. The summed E-state index contributed by atoms with van der Waals surface area (Å²) >= 11 is 1.76. The SMILES string of the molecule is CC(NCCN1CCS(=O)(=O)CC1C)c1cccs1. The highest BCUT2D eigenvalue weighted by atomic mass is 32.2. The lowest BCUT2D eigenvalue weighted by Crippen LogP contribution is -2.49. The van der Waals surface area contributed by atoms with E-state index in [9.17, 15) is 8.42 Å². The van der Waals surface area contributed by atoms with Crippen molar-refractivity contribution in [3.63, 3.8) is 0 Å². The molecule has 0 aromatic carbocycles. The van der Waals surface area contributed by atoms with Crippen LogP contribution in [-0.2, 0) is 9.84 Å². The molecule has 1 aromatic heterocycles. The molecule has 0 radical (unpaired) electrons. The first-order valence-electron chi connectivity index (χ1n) is 6.69. The number of thiophene rings is 1. The van der Waals surface area contributed by atoms with E-state index in [4.69, 9.17) is 0 Å². The topological polar surface area (TPSA) is 49.4 Å². The Labute approximate surface area is 119 Å². The van der Waals surface area contributed by atoms with Gasteiger partial charge < -0.3 is 5.32 Å². The summed E-state index contributed by atoms with van der Waals surface area (Å²) in [4.78, 5) is 3.60. The quantitative estimate of drug-likeness (QED) is 0.896. The summed E-state index contributed by atoms with van der Waals surface area (Å²) in [6.07, 6.45) is 0. The lowest BCUT2D eigenvalue weighted by molar-refractivity contribution is 0.225. The Hall–Kier alpha value is -0.430. The van der Waals surface area contributed by atoms with E-state index in [2.05, 4.69) is 34.7 Å². The van der Waals surface area contributed by atoms with Crippen molar-refractivity contribution in [2.24, 2.45) is 0 Å². The smallest absolute Gasteiger partial charge is 0.153 e. The molecule has 4 nitrogen and oxygen atoms in total. The van der Waals surface area contributed by atoms with Crippen molar-refractivity contribution < 1.29 is 8.42 Å². The molecule has 1 aromatic rings. The van der Waals surface area contributed by atoms with Gasteiger partial charge in [0.15, 0.2) is 9.84 Å². The Kier molecular flexibility index (Phi) is 5.00. The van der Waals surface area contributed by atoms with Crippen LogP contribution in [0.3, 0.4) is 0 Å². The second kappa shape index (κ2) is 6.35. The van der Waals surface area contributed by atoms with Crippen LogP contribution in [0.15, 0.2) is 17.5 Å². The molecule has 1 saturated heterocycles. The van der Waals surface area contributed by atoms with Gasteiger partial charge in [-0.05, 0) is 25.3 Å². The van der Waals surface area contributed by atoms with E-state index in [0.29, 0.717) is 24.1 Å². The first kappa shape index (κ1) is 15.0. The fourth-order valence-electron chi connectivity index (χ4n) is 2.43. The summed E-state index contributed by atoms with van der Waals surface area (Å²) in [5.41, 5.74) is 0. The van der Waals surface area contributed by atoms with Gasteiger partial charge in [0.25, 0.3) is 0 Å². The monoisotopic (exact) mass is 302 g/mol. The Morgan fingerprint density at radius 2 is 2.37 bits per heavy atom. The molecular weight excluding hydrogens is 280 g/mol. The molecule has 1 N–H and O–H groups in total. The molecule has 19 heavy (non-hydrogen) atoms. The van der Waals surface area contributed by atoms with E-state index in [1.807, 2.05) is 6.92 Å². The highest BCUT2D eigenvalue weighted by Crippen LogP contribution is 2.18. The van der Waals surface area contributed by atoms with Crippen LogP contribution in [0.4, 0.5) is 0 Å². The Balaban J connectivity index is 1.74. The largest absolute Gasteiger partial charge is 0.308 e. The number of hydrogen-bond donors (Lipinski definition) is 1. The van der Waals surface area contributed by atoms with Crippen LogP contribution < -0.4 is 5.32 Å². The molecule has 6 heteroatoms. The summed E-state index contributed by atoms with van der Waals surface area (Å²) in [6, 6.07) is 4.70. The lowest BCUT2D eigenvalue weighted by atomic mass is 10.2. The van der Waals surface area contributed by atoms with Crippen LogP contribution >= 0.6 is 11.3 Å². The standard InChI is InChI=1S/C13H22N2O2S2/c1-11-10-19(16,17)9-7-15(11)6-5-14-12(2)13-4-3-8-18-13/h3-4,8,11-12,14H,5-7,9-10H2,1-2H3. The summed E-state index contributed by atoms with van der Waals surface area (Å²) in [7, 11) is -2.80. The first-order chi connectivity index (χ1) is 8.98. The van der Waals surface area contributed by atoms with Gasteiger partial charge in [-0.3, -0.25) is 4.90 Å². The molecule has 0 aliphatic carbocycles. The summed E-state index contributed by atoms with van der Waals surface area (Å²) in [5, 5.41) is 5.58. The van der Waals surface area contributed by atoms with E-state index in [-0.39, 0.29) is 6.04 Å². The zero-order valence-corrected chi connectivity index (χ0v) is 13.1. The van der Waals surface area contributed by atoms with Crippen LogP contribution in [0.25, 0.3) is 0 Å². The van der Waals surface area contributed by atoms with Crippen LogP contribution in [-0.4, -0.2) is 50.5 Å². The molecule has 0 bridgehead atoms. The van der Waals surface area contributed by atoms with Crippen molar-refractivity contribution in [2.45, 2.75) is 25.9 Å². The summed E-state index contributed by atoms with van der Waals surface area (Å²) < 4.78 is 23.0. The molecule has 0 amide bonds. The maximum absolute atomic E-state index is 11.5. The van der Waals surface area contributed by atoms with Crippen molar-refractivity contribution in [3.8, 4) is 0 Å². The number of nitrogens with zero attached hydrogens (tertiary/aromatic N) is 1. The third kappa shape index (κ3) is 4.27. The summed E-state index contributed by atoms with van der Waals surface area (Å²) in [6.45, 7) is 6.63. The molecule has 0 saturated carbocycles. The Morgan fingerprint density at radius 3 is 3.00 bits per heavy atom. The molecule has 2 rings (SSSR count). The fourth-order valence-corrected chi connectivity index (χ4v) is 4.81. The molecule has 108 valence electrons. The minimum Gasteiger partial charge on any atom is -0.308 e. The molecule has 0 spiro atoms. The van der Waals surface area contributed by atoms with Gasteiger partial charge in [0.2, 0.25) is 0 Å². The van der Waals surface area contributed by atoms with E-state index < -0.39 is 9.84 Å². The average molecular weight is 302 g/mol.